The van der Waals surface area contributed by atoms with Crippen molar-refractivity contribution in [2.75, 3.05) is 0 Å². The summed E-state index contributed by atoms with van der Waals surface area (Å²) >= 11 is 0. The summed E-state index contributed by atoms with van der Waals surface area (Å²) in [5.74, 6) is -4.28. The smallest absolute Gasteiger partial charge is 0.674 e. The fourth-order valence-electron chi connectivity index (χ4n) is 7.54. The summed E-state index contributed by atoms with van der Waals surface area (Å²) in [4.78, 5) is 62.7. The van der Waals surface area contributed by atoms with Gasteiger partial charge in [-0.1, -0.05) is 96.6 Å². The van der Waals surface area contributed by atoms with Crippen molar-refractivity contribution >= 4 is 51.9 Å². The molecule has 1 atom stereocenters. The number of hydrogen-bond donors (Lipinski definition) is 4. The maximum atomic E-state index is 11.8. The van der Waals surface area contributed by atoms with Crippen LogP contribution in [0.1, 0.15) is 75.1 Å². The Morgan fingerprint density at radius 2 is 0.902 bits per heavy atom. The van der Waals surface area contributed by atoms with Crippen molar-refractivity contribution in [2.24, 2.45) is 4.99 Å². The predicted octanol–water partition coefficient (Wildman–Crippen LogP) is 6.34. The van der Waals surface area contributed by atoms with Gasteiger partial charge in [-0.15, -0.1) is 27.8 Å². The van der Waals surface area contributed by atoms with E-state index < -0.39 is 29.9 Å². The molecule has 9 rings (SSSR count). The Labute approximate surface area is 356 Å². The fourth-order valence-corrected chi connectivity index (χ4v) is 7.54. The summed E-state index contributed by atoms with van der Waals surface area (Å²) < 4.78 is 0. The van der Waals surface area contributed by atoms with Gasteiger partial charge in [0.05, 0.1) is 33.7 Å². The van der Waals surface area contributed by atoms with Crippen LogP contribution in [0.15, 0.2) is 162 Å². The molecule has 12 nitrogen and oxygen atoms in total. The first-order chi connectivity index (χ1) is 29.0. The van der Waals surface area contributed by atoms with Crippen LogP contribution in [-0.2, 0) is 16.8 Å². The first-order valence-corrected chi connectivity index (χ1v) is 18.5. The number of carboxylic acid groups (broad SMARTS) is 4. The van der Waals surface area contributed by atoms with E-state index in [0.29, 0.717) is 83.7 Å². The number of aromatic carboxylic acids is 4. The Morgan fingerprint density at radius 1 is 0.459 bits per heavy atom. The summed E-state index contributed by atoms with van der Waals surface area (Å²) in [6, 6.07) is 32.5. The van der Waals surface area contributed by atoms with Crippen molar-refractivity contribution < 1.29 is 56.4 Å². The fraction of sp³-hybridized carbons (Fsp3) is 0.0208. The molecular formula is C48H29CoN4O8. The van der Waals surface area contributed by atoms with Crippen LogP contribution in [0.4, 0.5) is 0 Å². The number of hydrogen-bond acceptors (Lipinski definition) is 5. The van der Waals surface area contributed by atoms with Gasteiger partial charge in [0, 0.05) is 0 Å². The summed E-state index contributed by atoms with van der Waals surface area (Å²) in [6.07, 6.45) is 7.46. The molecule has 6 aromatic rings. The zero-order chi connectivity index (χ0) is 41.7. The van der Waals surface area contributed by atoms with Crippen molar-refractivity contribution in [1.29, 1.82) is 0 Å². The number of fused-ring (bicyclic) bond motifs is 7. The minimum atomic E-state index is -1.07. The Morgan fingerprint density at radius 3 is 1.41 bits per heavy atom. The molecule has 4 N–H and O–H groups in total. The van der Waals surface area contributed by atoms with Gasteiger partial charge in [0.15, 0.2) is 0 Å². The maximum absolute atomic E-state index is 11.8. The van der Waals surface area contributed by atoms with Gasteiger partial charge in [0.2, 0.25) is 0 Å². The topological polar surface area (TPSA) is 204 Å². The number of nitrogens with zero attached hydrogens (tertiary/aromatic N) is 4. The van der Waals surface area contributed by atoms with Crippen LogP contribution >= 0.6 is 0 Å². The van der Waals surface area contributed by atoms with Crippen molar-refractivity contribution in [3.8, 4) is 0 Å². The molecule has 0 fully saturated rings. The van der Waals surface area contributed by atoms with E-state index >= 15 is 0 Å². The second-order valence-electron chi connectivity index (χ2n) is 14.0. The summed E-state index contributed by atoms with van der Waals surface area (Å²) in [5.41, 5.74) is 8.25. The molecule has 298 valence electrons. The monoisotopic (exact) mass is 848 g/mol. The minimum Gasteiger partial charge on any atom is -0.674 e. The van der Waals surface area contributed by atoms with Crippen LogP contribution in [0.2, 0.25) is 0 Å². The van der Waals surface area contributed by atoms with E-state index in [1.165, 1.54) is 48.5 Å². The number of carboxylic acids is 4. The standard InChI is InChI=1S/C48H32N4O8.Co/c53-45(54)29-9-1-25(2-10-29)41-33-17-19-35(49-33)42(26-3-11-30(12-4-26)46(55)56)37-21-23-39(51-37)44(28-7-15-32(16-8-28)48(59)60)40-24-22-38(52-40)43(36-20-18-34(41)50-36)27-5-13-31(14-6-27)47(57)58;/h1-24,33H,(H7,49,50,51,52,53,54,55,56,57,58,59,60);/q;+3/p-3/b41-34-;. The molecule has 13 heteroatoms. The van der Waals surface area contributed by atoms with E-state index in [0.717, 1.165) is 0 Å². The third-order valence-corrected chi connectivity index (χ3v) is 10.4. The van der Waals surface area contributed by atoms with Crippen molar-refractivity contribution in [3.05, 3.63) is 229 Å². The molecule has 61 heavy (non-hydrogen) atoms. The Balaban J connectivity index is 0.00000514. The van der Waals surface area contributed by atoms with Crippen LogP contribution in [0.3, 0.4) is 0 Å². The second kappa shape index (κ2) is 16.0. The molecule has 0 saturated carbocycles. The molecule has 8 bridgehead atoms. The zero-order valence-corrected chi connectivity index (χ0v) is 32.5. The predicted molar refractivity (Wildman–Crippen MR) is 222 cm³/mol. The van der Waals surface area contributed by atoms with E-state index in [4.69, 9.17) is 20.3 Å². The van der Waals surface area contributed by atoms with Gasteiger partial charge in [-0.05, 0) is 99.7 Å². The number of aliphatic imine (C=N–C) groups is 1. The van der Waals surface area contributed by atoms with Gasteiger partial charge in [0.1, 0.15) is 0 Å². The average molecular weight is 849 g/mol. The van der Waals surface area contributed by atoms with Crippen LogP contribution in [0, 0.1) is 0 Å². The average Bonchev–Trinajstić information content (AvgIpc) is 4.10. The molecule has 1 unspecified atom stereocenters. The molecule has 2 aromatic heterocycles. The molecule has 5 heterocycles. The van der Waals surface area contributed by atoms with Gasteiger partial charge < -0.3 is 35.7 Å². The summed E-state index contributed by atoms with van der Waals surface area (Å²) in [6.45, 7) is 0. The molecule has 0 amide bonds. The van der Waals surface area contributed by atoms with E-state index in [9.17, 15) is 39.6 Å². The largest absolute Gasteiger partial charge is 3.00 e. The Bertz CT molecular complexity index is 3090. The van der Waals surface area contributed by atoms with Gasteiger partial charge in [0.25, 0.3) is 0 Å². The maximum Gasteiger partial charge on any atom is 3.00 e. The first-order valence-electron chi connectivity index (χ1n) is 18.5. The van der Waals surface area contributed by atoms with Crippen LogP contribution in [0.5, 0.6) is 0 Å². The molecule has 0 aliphatic carbocycles. The zero-order valence-electron chi connectivity index (χ0n) is 31.5. The summed E-state index contributed by atoms with van der Waals surface area (Å²) in [5, 5.41) is 45.0. The number of benzene rings is 4. The number of allylic oxidation sites excluding steroid dienone is 3. The molecule has 0 saturated heterocycles. The van der Waals surface area contributed by atoms with Crippen LogP contribution in [0.25, 0.3) is 27.6 Å². The third kappa shape index (κ3) is 7.46. The van der Waals surface area contributed by atoms with E-state index in [1.807, 2.05) is 48.6 Å². The molecular weight excluding hydrogens is 819 g/mol. The summed E-state index contributed by atoms with van der Waals surface area (Å²) in [7, 11) is 0. The van der Waals surface area contributed by atoms with Crippen molar-refractivity contribution in [2.45, 2.75) is 6.04 Å². The van der Waals surface area contributed by atoms with Gasteiger partial charge >= 0.3 is 40.7 Å². The Hall–Kier alpha value is -8.00. The SMILES string of the molecule is O=C(O)c1ccc(/C2=C3\C=CC(=N3)/C(c3ccc(C(=O)O)cc3)=c3/cc/c([n-]3)=C(\c3ccc(C(=O)O)cc3)C3C=C/C(=C(\c4ccc(C(=O)O)cc4)c4ccc2[n-]4)[N-]3)cc1.[Co+3]. The van der Waals surface area contributed by atoms with Crippen molar-refractivity contribution in [1.82, 2.24) is 9.97 Å². The van der Waals surface area contributed by atoms with Gasteiger partial charge in [-0.3, -0.25) is 0 Å². The quantitative estimate of drug-likeness (QED) is 0.134. The third-order valence-electron chi connectivity index (χ3n) is 10.4. The molecule has 4 aromatic carbocycles. The second-order valence-corrected chi connectivity index (χ2v) is 14.0. The Kier molecular flexibility index (Phi) is 10.4. The normalized spacial score (nSPS) is 19.5. The minimum absolute atomic E-state index is 0. The number of rotatable bonds is 8. The van der Waals surface area contributed by atoms with E-state index in [2.05, 4.69) is 0 Å². The number of aromatic nitrogens is 2. The van der Waals surface area contributed by atoms with E-state index in [1.54, 1.807) is 48.5 Å². The van der Waals surface area contributed by atoms with E-state index in [-0.39, 0.29) is 39.0 Å². The van der Waals surface area contributed by atoms with Crippen molar-refractivity contribution in [3.63, 3.8) is 0 Å². The van der Waals surface area contributed by atoms with Crippen LogP contribution in [-0.4, -0.2) is 56.1 Å². The molecule has 0 radical (unpaired) electrons. The number of carbonyl (C=O) groups is 4. The molecule has 0 spiro atoms. The van der Waals surface area contributed by atoms with Gasteiger partial charge in [-0.2, -0.15) is 0 Å². The van der Waals surface area contributed by atoms with Gasteiger partial charge in [-0.25, -0.2) is 24.2 Å². The van der Waals surface area contributed by atoms with Crippen LogP contribution < -0.4 is 20.7 Å². The molecule has 3 aliphatic rings. The first kappa shape index (κ1) is 39.8. The molecule has 3 aliphatic heterocycles.